The van der Waals surface area contributed by atoms with Gasteiger partial charge in [-0.05, 0) is 41.8 Å². The standard InChI is InChI=1S/C20H23N3O4S/c24-17(9-15-4-2-8-28-15)23-6-5-16-13(12-23)10-21-19(25)18(16)20(26)22-11-14-3-1-7-27-14/h2,4,8,10,14H,1,3,5-7,9,11-12H2,(H,21,25)(H,22,26). The number of aromatic amines is 1. The number of carbonyl (C=O) groups excluding carboxylic acids is 2. The number of rotatable bonds is 5. The summed E-state index contributed by atoms with van der Waals surface area (Å²) in [5.41, 5.74) is 1.35. The topological polar surface area (TPSA) is 91.5 Å². The second-order valence-corrected chi connectivity index (χ2v) is 8.20. The SMILES string of the molecule is O=C(NCC1CCCO1)c1c2c(c[nH]c1=O)CN(C(=O)Cc1cccs1)CC2. The third kappa shape index (κ3) is 4.02. The highest BCUT2D eigenvalue weighted by Gasteiger charge is 2.27. The Morgan fingerprint density at radius 2 is 2.29 bits per heavy atom. The first-order chi connectivity index (χ1) is 13.6. The first kappa shape index (κ1) is 18.9. The highest BCUT2D eigenvalue weighted by atomic mass is 32.1. The van der Waals surface area contributed by atoms with Gasteiger partial charge in [0.15, 0.2) is 0 Å². The lowest BCUT2D eigenvalue weighted by Crippen LogP contribution is -2.41. The third-order valence-electron chi connectivity index (χ3n) is 5.29. The molecule has 7 nitrogen and oxygen atoms in total. The molecule has 0 radical (unpaired) electrons. The number of thiophene rings is 1. The summed E-state index contributed by atoms with van der Waals surface area (Å²) in [5, 5.41) is 4.79. The second-order valence-electron chi connectivity index (χ2n) is 7.16. The zero-order valence-electron chi connectivity index (χ0n) is 15.5. The molecule has 0 aliphatic carbocycles. The molecule has 148 valence electrons. The first-order valence-electron chi connectivity index (χ1n) is 9.55. The average molecular weight is 401 g/mol. The average Bonchev–Trinajstić information content (AvgIpc) is 3.39. The van der Waals surface area contributed by atoms with Crippen molar-refractivity contribution < 1.29 is 14.3 Å². The van der Waals surface area contributed by atoms with E-state index in [-0.39, 0.29) is 29.0 Å². The lowest BCUT2D eigenvalue weighted by atomic mass is 9.96. The van der Waals surface area contributed by atoms with Crippen LogP contribution in [0, 0.1) is 0 Å². The van der Waals surface area contributed by atoms with Gasteiger partial charge >= 0.3 is 0 Å². The predicted molar refractivity (Wildman–Crippen MR) is 106 cm³/mol. The summed E-state index contributed by atoms with van der Waals surface area (Å²) >= 11 is 1.57. The molecule has 1 saturated heterocycles. The minimum absolute atomic E-state index is 0.0212. The van der Waals surface area contributed by atoms with Gasteiger partial charge in [-0.2, -0.15) is 0 Å². The Morgan fingerprint density at radius 1 is 1.39 bits per heavy atom. The van der Waals surface area contributed by atoms with Crippen LogP contribution in [0.5, 0.6) is 0 Å². The number of nitrogens with one attached hydrogen (secondary N) is 2. The van der Waals surface area contributed by atoms with E-state index in [0.29, 0.717) is 32.5 Å². The third-order valence-corrected chi connectivity index (χ3v) is 6.16. The molecule has 1 atom stereocenters. The number of amides is 2. The smallest absolute Gasteiger partial charge is 0.261 e. The van der Waals surface area contributed by atoms with Crippen molar-refractivity contribution in [2.45, 2.75) is 38.3 Å². The molecule has 1 fully saturated rings. The number of ether oxygens (including phenoxy) is 1. The maximum atomic E-state index is 12.7. The zero-order valence-corrected chi connectivity index (χ0v) is 16.3. The number of pyridine rings is 1. The maximum Gasteiger partial charge on any atom is 0.261 e. The first-order valence-corrected chi connectivity index (χ1v) is 10.4. The molecule has 2 N–H and O–H groups in total. The van der Waals surface area contributed by atoms with E-state index in [9.17, 15) is 14.4 Å². The van der Waals surface area contributed by atoms with E-state index in [1.807, 2.05) is 17.5 Å². The van der Waals surface area contributed by atoms with Gasteiger partial charge in [-0.3, -0.25) is 14.4 Å². The van der Waals surface area contributed by atoms with Crippen LogP contribution in [0.2, 0.25) is 0 Å². The Labute approximate surface area is 166 Å². The molecule has 0 spiro atoms. The lowest BCUT2D eigenvalue weighted by Gasteiger charge is -2.29. The highest BCUT2D eigenvalue weighted by Crippen LogP contribution is 2.21. The van der Waals surface area contributed by atoms with Gasteiger partial charge in [0, 0.05) is 37.3 Å². The number of fused-ring (bicyclic) bond motifs is 1. The molecule has 2 aliphatic rings. The van der Waals surface area contributed by atoms with Gasteiger partial charge in [0.25, 0.3) is 11.5 Å². The number of H-pyrrole nitrogens is 1. The normalized spacial score (nSPS) is 18.7. The predicted octanol–water partition coefficient (Wildman–Crippen LogP) is 1.47. The van der Waals surface area contributed by atoms with Gasteiger partial charge in [0.05, 0.1) is 12.5 Å². The fourth-order valence-electron chi connectivity index (χ4n) is 3.79. The molecule has 0 saturated carbocycles. The molecule has 8 heteroatoms. The van der Waals surface area contributed by atoms with Gasteiger partial charge in [-0.1, -0.05) is 6.07 Å². The molecule has 2 aromatic heterocycles. The van der Waals surface area contributed by atoms with Crippen LogP contribution in [0.4, 0.5) is 0 Å². The number of nitrogens with zero attached hydrogens (tertiary/aromatic N) is 1. The summed E-state index contributed by atoms with van der Waals surface area (Å²) in [6, 6.07) is 3.89. The summed E-state index contributed by atoms with van der Waals surface area (Å²) in [4.78, 5) is 43.0. The molecule has 28 heavy (non-hydrogen) atoms. The number of carbonyl (C=O) groups is 2. The monoisotopic (exact) mass is 401 g/mol. The maximum absolute atomic E-state index is 12.7. The number of hydrogen-bond donors (Lipinski definition) is 2. The highest BCUT2D eigenvalue weighted by molar-refractivity contribution is 7.10. The van der Waals surface area contributed by atoms with Crippen LogP contribution in [-0.2, 0) is 28.9 Å². The summed E-state index contributed by atoms with van der Waals surface area (Å²) in [6.07, 6.45) is 4.44. The Kier molecular flexibility index (Phi) is 5.59. The molecule has 4 rings (SSSR count). The minimum Gasteiger partial charge on any atom is -0.376 e. The minimum atomic E-state index is -0.387. The van der Waals surface area contributed by atoms with Crippen molar-refractivity contribution in [2.75, 3.05) is 19.7 Å². The second kappa shape index (κ2) is 8.28. The summed E-state index contributed by atoms with van der Waals surface area (Å²) in [6.45, 7) is 2.04. The Morgan fingerprint density at radius 3 is 3.04 bits per heavy atom. The van der Waals surface area contributed by atoms with E-state index in [1.165, 1.54) is 0 Å². The van der Waals surface area contributed by atoms with Crippen molar-refractivity contribution in [3.05, 3.63) is 55.6 Å². The number of aromatic nitrogens is 1. The van der Waals surface area contributed by atoms with Crippen molar-refractivity contribution in [1.29, 1.82) is 0 Å². The molecule has 2 aromatic rings. The van der Waals surface area contributed by atoms with Gasteiger partial charge in [0.1, 0.15) is 5.56 Å². The van der Waals surface area contributed by atoms with Crippen LogP contribution in [0.1, 0.15) is 39.2 Å². The van der Waals surface area contributed by atoms with Crippen LogP contribution >= 0.6 is 11.3 Å². The molecule has 2 aliphatic heterocycles. The largest absolute Gasteiger partial charge is 0.376 e. The van der Waals surface area contributed by atoms with E-state index in [4.69, 9.17) is 4.74 Å². The van der Waals surface area contributed by atoms with Crippen molar-refractivity contribution in [3.8, 4) is 0 Å². The van der Waals surface area contributed by atoms with Crippen LogP contribution in [0.25, 0.3) is 0 Å². The van der Waals surface area contributed by atoms with Crippen LogP contribution in [-0.4, -0.2) is 47.5 Å². The quantitative estimate of drug-likeness (QED) is 0.794. The van der Waals surface area contributed by atoms with Crippen molar-refractivity contribution in [2.24, 2.45) is 0 Å². The van der Waals surface area contributed by atoms with Gasteiger partial charge in [0.2, 0.25) is 5.91 Å². The molecule has 4 heterocycles. The number of hydrogen-bond acceptors (Lipinski definition) is 5. The molecular weight excluding hydrogens is 378 g/mol. The molecule has 0 bridgehead atoms. The van der Waals surface area contributed by atoms with Crippen LogP contribution < -0.4 is 10.9 Å². The molecule has 2 amide bonds. The van der Waals surface area contributed by atoms with Crippen LogP contribution in [0.3, 0.4) is 0 Å². The fraction of sp³-hybridized carbons (Fsp3) is 0.450. The Bertz CT molecular complexity index is 916. The van der Waals surface area contributed by atoms with Crippen LogP contribution in [0.15, 0.2) is 28.5 Å². The van der Waals surface area contributed by atoms with Gasteiger partial charge in [-0.25, -0.2) is 0 Å². The van der Waals surface area contributed by atoms with Crippen molar-refractivity contribution in [1.82, 2.24) is 15.2 Å². The van der Waals surface area contributed by atoms with Crippen molar-refractivity contribution >= 4 is 23.2 Å². The van der Waals surface area contributed by atoms with E-state index in [2.05, 4.69) is 10.3 Å². The van der Waals surface area contributed by atoms with E-state index in [1.54, 1.807) is 22.4 Å². The Hall–Kier alpha value is -2.45. The van der Waals surface area contributed by atoms with Crippen molar-refractivity contribution in [3.63, 3.8) is 0 Å². The molecular formula is C20H23N3O4S. The Balaban J connectivity index is 1.47. The molecule has 0 aromatic carbocycles. The summed E-state index contributed by atoms with van der Waals surface area (Å²) in [7, 11) is 0. The van der Waals surface area contributed by atoms with E-state index < -0.39 is 0 Å². The fourth-order valence-corrected chi connectivity index (χ4v) is 4.49. The van der Waals surface area contributed by atoms with Gasteiger partial charge < -0.3 is 19.9 Å². The molecule has 1 unspecified atom stereocenters. The zero-order chi connectivity index (χ0) is 19.5. The summed E-state index contributed by atoms with van der Waals surface area (Å²) < 4.78 is 5.52. The van der Waals surface area contributed by atoms with E-state index in [0.717, 1.165) is 35.5 Å². The van der Waals surface area contributed by atoms with Gasteiger partial charge in [-0.15, -0.1) is 11.3 Å². The summed E-state index contributed by atoms with van der Waals surface area (Å²) in [5.74, 6) is -0.310. The van der Waals surface area contributed by atoms with E-state index >= 15 is 0 Å². The lowest BCUT2D eigenvalue weighted by molar-refractivity contribution is -0.131.